The highest BCUT2D eigenvalue weighted by Crippen LogP contribution is 2.25. The van der Waals surface area contributed by atoms with E-state index >= 15 is 0 Å². The van der Waals surface area contributed by atoms with Gasteiger partial charge in [-0.15, -0.1) is 0 Å². The van der Waals surface area contributed by atoms with Gasteiger partial charge in [0.2, 0.25) is 5.91 Å². The quantitative estimate of drug-likeness (QED) is 0.734. The highest BCUT2D eigenvalue weighted by molar-refractivity contribution is 5.83. The van der Waals surface area contributed by atoms with Gasteiger partial charge in [0.05, 0.1) is 23.8 Å². The Morgan fingerprint density at radius 2 is 2.35 bits per heavy atom. The van der Waals surface area contributed by atoms with E-state index in [9.17, 15) is 4.79 Å². The van der Waals surface area contributed by atoms with Crippen molar-refractivity contribution in [1.29, 1.82) is 0 Å². The van der Waals surface area contributed by atoms with E-state index in [4.69, 9.17) is 9.47 Å². The van der Waals surface area contributed by atoms with Crippen molar-refractivity contribution in [3.8, 4) is 0 Å². The lowest BCUT2D eigenvalue weighted by Gasteiger charge is -2.30. The molecule has 0 aromatic rings. The van der Waals surface area contributed by atoms with Gasteiger partial charge in [-0.25, -0.2) is 0 Å². The van der Waals surface area contributed by atoms with Gasteiger partial charge in [-0.3, -0.25) is 4.79 Å². The van der Waals surface area contributed by atoms with Gasteiger partial charge in [0, 0.05) is 20.3 Å². The average Bonchev–Trinajstić information content (AvgIpc) is 2.87. The van der Waals surface area contributed by atoms with Crippen LogP contribution in [-0.2, 0) is 14.3 Å². The second-order valence-corrected chi connectivity index (χ2v) is 5.22. The van der Waals surface area contributed by atoms with Crippen LogP contribution in [0.15, 0.2) is 0 Å². The lowest BCUT2D eigenvalue weighted by atomic mass is 9.94. The molecule has 2 fully saturated rings. The first-order valence-corrected chi connectivity index (χ1v) is 6.25. The molecule has 0 saturated carbocycles. The Bertz CT molecular complexity index is 297. The molecule has 0 bridgehead atoms. The molecule has 2 N–H and O–H groups in total. The van der Waals surface area contributed by atoms with Crippen molar-refractivity contribution in [2.75, 3.05) is 20.3 Å². The summed E-state index contributed by atoms with van der Waals surface area (Å²) in [6.45, 7) is 5.52. The summed E-state index contributed by atoms with van der Waals surface area (Å²) in [6, 6.07) is -0.135. The fourth-order valence-corrected chi connectivity index (χ4v) is 2.45. The van der Waals surface area contributed by atoms with Gasteiger partial charge >= 0.3 is 0 Å². The van der Waals surface area contributed by atoms with Crippen LogP contribution in [-0.4, -0.2) is 50.0 Å². The average molecular weight is 242 g/mol. The topological polar surface area (TPSA) is 59.6 Å². The van der Waals surface area contributed by atoms with Gasteiger partial charge in [-0.1, -0.05) is 0 Å². The molecule has 2 aliphatic rings. The summed E-state index contributed by atoms with van der Waals surface area (Å²) < 4.78 is 10.8. The number of ether oxygens (including phenoxy) is 2. The number of nitrogens with one attached hydrogen (secondary N) is 2. The maximum absolute atomic E-state index is 12.1. The molecule has 0 radical (unpaired) electrons. The number of carbonyl (C=O) groups is 1. The maximum Gasteiger partial charge on any atom is 0.237 e. The highest BCUT2D eigenvalue weighted by atomic mass is 16.5. The molecule has 98 valence electrons. The monoisotopic (exact) mass is 242 g/mol. The molecule has 0 aromatic carbocycles. The van der Waals surface area contributed by atoms with Gasteiger partial charge in [0.15, 0.2) is 0 Å². The minimum atomic E-state index is -0.232. The van der Waals surface area contributed by atoms with E-state index in [0.29, 0.717) is 0 Å². The first-order valence-electron chi connectivity index (χ1n) is 6.25. The van der Waals surface area contributed by atoms with Gasteiger partial charge in [-0.05, 0) is 26.7 Å². The maximum atomic E-state index is 12.1. The van der Waals surface area contributed by atoms with E-state index in [2.05, 4.69) is 10.6 Å². The van der Waals surface area contributed by atoms with Crippen LogP contribution in [0.5, 0.6) is 0 Å². The number of carbonyl (C=O) groups excluding carboxylic acids is 1. The van der Waals surface area contributed by atoms with Crippen LogP contribution in [0.25, 0.3) is 0 Å². The fourth-order valence-electron chi connectivity index (χ4n) is 2.45. The molecule has 0 aromatic heterocycles. The first kappa shape index (κ1) is 12.8. The molecular formula is C12H22N2O3. The minimum absolute atomic E-state index is 0.0596. The molecule has 4 atom stereocenters. The zero-order valence-electron chi connectivity index (χ0n) is 10.8. The zero-order chi connectivity index (χ0) is 12.5. The largest absolute Gasteiger partial charge is 0.380 e. The predicted molar refractivity (Wildman–Crippen MR) is 63.8 cm³/mol. The number of hydrogen-bond acceptors (Lipinski definition) is 4. The summed E-state index contributed by atoms with van der Waals surface area (Å²) in [7, 11) is 1.68. The summed E-state index contributed by atoms with van der Waals surface area (Å²) in [5.41, 5.74) is -0.232. The molecule has 2 saturated heterocycles. The van der Waals surface area contributed by atoms with Crippen molar-refractivity contribution in [1.82, 2.24) is 10.6 Å². The van der Waals surface area contributed by atoms with E-state index in [1.165, 1.54) is 0 Å². The Labute approximate surface area is 102 Å². The summed E-state index contributed by atoms with van der Waals surface area (Å²) in [5.74, 6) is 0.0596. The van der Waals surface area contributed by atoms with Gasteiger partial charge in [0.25, 0.3) is 0 Å². The second kappa shape index (κ2) is 4.92. The number of methoxy groups -OCH3 is 1. The third-order valence-electron chi connectivity index (χ3n) is 4.04. The SMILES string of the molecule is COC1CNC(C(=O)NC2(C)CCOC2C)C1. The van der Waals surface area contributed by atoms with Crippen molar-refractivity contribution in [3.05, 3.63) is 0 Å². The fraction of sp³-hybridized carbons (Fsp3) is 0.917. The van der Waals surface area contributed by atoms with E-state index in [-0.39, 0.29) is 29.7 Å². The van der Waals surface area contributed by atoms with Crippen molar-refractivity contribution in [2.24, 2.45) is 0 Å². The van der Waals surface area contributed by atoms with E-state index < -0.39 is 0 Å². The van der Waals surface area contributed by atoms with E-state index in [0.717, 1.165) is 26.0 Å². The Morgan fingerprint density at radius 3 is 2.88 bits per heavy atom. The Kier molecular flexibility index (Phi) is 3.70. The second-order valence-electron chi connectivity index (χ2n) is 5.22. The van der Waals surface area contributed by atoms with E-state index in [1.807, 2.05) is 13.8 Å². The molecule has 4 unspecified atom stereocenters. The Balaban J connectivity index is 1.89. The van der Waals surface area contributed by atoms with Crippen LogP contribution >= 0.6 is 0 Å². The van der Waals surface area contributed by atoms with Crippen LogP contribution in [0.3, 0.4) is 0 Å². The van der Waals surface area contributed by atoms with Crippen molar-refractivity contribution >= 4 is 5.91 Å². The third-order valence-corrected chi connectivity index (χ3v) is 4.04. The van der Waals surface area contributed by atoms with Gasteiger partial charge < -0.3 is 20.1 Å². The standard InChI is InChI=1S/C12H22N2O3/c1-8-12(2,4-5-17-8)14-11(15)10-6-9(16-3)7-13-10/h8-10,13H,4-7H2,1-3H3,(H,14,15). The third kappa shape index (κ3) is 2.61. The van der Waals surface area contributed by atoms with Crippen molar-refractivity contribution in [3.63, 3.8) is 0 Å². The molecule has 2 rings (SSSR count). The molecule has 0 aliphatic carbocycles. The predicted octanol–water partition coefficient (Wildman–Crippen LogP) is 0.0470. The minimum Gasteiger partial charge on any atom is -0.380 e. The molecule has 2 heterocycles. The molecule has 5 nitrogen and oxygen atoms in total. The molecular weight excluding hydrogens is 220 g/mol. The molecule has 0 spiro atoms. The van der Waals surface area contributed by atoms with Crippen LogP contribution in [0.2, 0.25) is 0 Å². The smallest absolute Gasteiger partial charge is 0.237 e. The molecule has 2 aliphatic heterocycles. The van der Waals surface area contributed by atoms with Crippen molar-refractivity contribution < 1.29 is 14.3 Å². The Hall–Kier alpha value is -0.650. The van der Waals surface area contributed by atoms with Crippen LogP contribution in [0.1, 0.15) is 26.7 Å². The van der Waals surface area contributed by atoms with Crippen LogP contribution in [0.4, 0.5) is 0 Å². The lowest BCUT2D eigenvalue weighted by molar-refractivity contribution is -0.125. The number of amides is 1. The van der Waals surface area contributed by atoms with Crippen molar-refractivity contribution in [2.45, 2.75) is 50.5 Å². The normalized spacial score (nSPS) is 41.7. The number of hydrogen-bond donors (Lipinski definition) is 2. The highest BCUT2D eigenvalue weighted by Gasteiger charge is 2.40. The summed E-state index contributed by atoms with van der Waals surface area (Å²) in [4.78, 5) is 12.1. The summed E-state index contributed by atoms with van der Waals surface area (Å²) in [5, 5.41) is 6.30. The van der Waals surface area contributed by atoms with Gasteiger partial charge in [-0.2, -0.15) is 0 Å². The molecule has 17 heavy (non-hydrogen) atoms. The summed E-state index contributed by atoms with van der Waals surface area (Å²) >= 11 is 0. The van der Waals surface area contributed by atoms with Gasteiger partial charge in [0.1, 0.15) is 0 Å². The number of rotatable bonds is 3. The van der Waals surface area contributed by atoms with E-state index in [1.54, 1.807) is 7.11 Å². The molecule has 5 heteroatoms. The summed E-state index contributed by atoms with van der Waals surface area (Å²) in [6.07, 6.45) is 1.84. The van der Waals surface area contributed by atoms with Crippen LogP contribution < -0.4 is 10.6 Å². The Morgan fingerprint density at radius 1 is 1.59 bits per heavy atom. The first-order chi connectivity index (χ1) is 8.05. The molecule has 1 amide bonds. The van der Waals surface area contributed by atoms with Crippen LogP contribution in [0, 0.1) is 0 Å². The lowest BCUT2D eigenvalue weighted by Crippen LogP contribution is -2.55. The zero-order valence-corrected chi connectivity index (χ0v) is 10.8.